The van der Waals surface area contributed by atoms with Crippen LogP contribution in [0.5, 0.6) is 0 Å². The molecule has 0 saturated carbocycles. The van der Waals surface area contributed by atoms with Gasteiger partial charge in [0.15, 0.2) is 17.5 Å². The van der Waals surface area contributed by atoms with Crippen LogP contribution < -0.4 is 0 Å². The van der Waals surface area contributed by atoms with Crippen LogP contribution in [-0.2, 0) is 0 Å². The summed E-state index contributed by atoms with van der Waals surface area (Å²) in [4.78, 5) is 15.3. The van der Waals surface area contributed by atoms with Crippen molar-refractivity contribution in [1.29, 1.82) is 0 Å². The summed E-state index contributed by atoms with van der Waals surface area (Å²) >= 11 is 0. The number of rotatable bonds is 4. The third kappa shape index (κ3) is 4.65. The number of furan rings is 1. The van der Waals surface area contributed by atoms with Crippen LogP contribution in [0.2, 0.25) is 0 Å². The minimum atomic E-state index is 0.623. The Morgan fingerprint density at radius 2 is 0.939 bits per heavy atom. The lowest BCUT2D eigenvalue weighted by atomic mass is 9.95. The fraction of sp³-hybridized carbons (Fsp3) is 0. The van der Waals surface area contributed by atoms with E-state index in [1.54, 1.807) is 0 Å². The van der Waals surface area contributed by atoms with Crippen LogP contribution in [0.15, 0.2) is 168 Å². The second-order valence-electron chi connectivity index (χ2n) is 12.5. The number of para-hydroxylation sites is 1. The highest BCUT2D eigenvalue weighted by molar-refractivity contribution is 6.14. The van der Waals surface area contributed by atoms with Gasteiger partial charge in [0.25, 0.3) is 0 Å². The molecule has 0 aliphatic rings. The summed E-state index contributed by atoms with van der Waals surface area (Å²) in [6.45, 7) is 0. The molecule has 2 aromatic heterocycles. The van der Waals surface area contributed by atoms with E-state index in [9.17, 15) is 0 Å². The third-order valence-electron chi connectivity index (χ3n) is 9.45. The highest BCUT2D eigenvalue weighted by atomic mass is 16.3. The molecule has 10 rings (SSSR count). The van der Waals surface area contributed by atoms with E-state index in [0.29, 0.717) is 17.5 Å². The van der Waals surface area contributed by atoms with Crippen molar-refractivity contribution < 1.29 is 4.42 Å². The number of benzene rings is 8. The van der Waals surface area contributed by atoms with Gasteiger partial charge in [-0.2, -0.15) is 0 Å². The van der Waals surface area contributed by atoms with E-state index in [1.165, 1.54) is 10.8 Å². The van der Waals surface area contributed by atoms with Crippen LogP contribution in [0.25, 0.3) is 99.5 Å². The first kappa shape index (κ1) is 27.5. The van der Waals surface area contributed by atoms with Gasteiger partial charge in [0.2, 0.25) is 0 Å². The summed E-state index contributed by atoms with van der Waals surface area (Å²) in [7, 11) is 0. The van der Waals surface area contributed by atoms with E-state index in [0.717, 1.165) is 71.3 Å². The molecule has 49 heavy (non-hydrogen) atoms. The molecule has 0 fully saturated rings. The van der Waals surface area contributed by atoms with Crippen molar-refractivity contribution in [2.24, 2.45) is 0 Å². The van der Waals surface area contributed by atoms with E-state index >= 15 is 0 Å². The van der Waals surface area contributed by atoms with Crippen LogP contribution in [0.1, 0.15) is 0 Å². The maximum Gasteiger partial charge on any atom is 0.164 e. The topological polar surface area (TPSA) is 51.8 Å². The van der Waals surface area contributed by atoms with Crippen molar-refractivity contribution in [2.45, 2.75) is 0 Å². The van der Waals surface area contributed by atoms with Gasteiger partial charge in [0.1, 0.15) is 11.2 Å². The zero-order valence-electron chi connectivity index (χ0n) is 26.3. The van der Waals surface area contributed by atoms with Crippen LogP contribution in [0.3, 0.4) is 0 Å². The first-order valence-corrected chi connectivity index (χ1v) is 16.4. The van der Waals surface area contributed by atoms with Gasteiger partial charge in [-0.05, 0) is 68.2 Å². The number of fused-ring (bicyclic) bond motifs is 6. The Bertz CT molecular complexity index is 2890. The largest absolute Gasteiger partial charge is 0.455 e. The Hall–Kier alpha value is -6.65. The molecule has 2 heterocycles. The monoisotopic (exact) mass is 625 g/mol. The van der Waals surface area contributed by atoms with Crippen LogP contribution in [-0.4, -0.2) is 15.0 Å². The Morgan fingerprint density at radius 1 is 0.327 bits per heavy atom. The average Bonchev–Trinajstić information content (AvgIpc) is 3.54. The molecule has 0 radical (unpaired) electrons. The smallest absolute Gasteiger partial charge is 0.164 e. The molecule has 0 atom stereocenters. The van der Waals surface area contributed by atoms with Crippen molar-refractivity contribution in [3.63, 3.8) is 0 Å². The SMILES string of the molecule is c1ccc(-c2nc(-c3ccc4ccccc4c3)nc(-c3cc(-c4cccc5c4oc4cc6ccccc6cc45)cc4ccccc34)n2)cc1. The summed E-state index contributed by atoms with van der Waals surface area (Å²) < 4.78 is 6.65. The van der Waals surface area contributed by atoms with E-state index in [4.69, 9.17) is 19.4 Å². The van der Waals surface area contributed by atoms with Crippen molar-refractivity contribution in [1.82, 2.24) is 15.0 Å². The third-order valence-corrected chi connectivity index (χ3v) is 9.45. The molecular weight excluding hydrogens is 599 g/mol. The first-order chi connectivity index (χ1) is 24.2. The number of nitrogens with zero attached hydrogens (tertiary/aromatic N) is 3. The van der Waals surface area contributed by atoms with Gasteiger partial charge in [-0.1, -0.05) is 133 Å². The van der Waals surface area contributed by atoms with Gasteiger partial charge < -0.3 is 4.42 Å². The average molecular weight is 626 g/mol. The molecule has 0 spiro atoms. The van der Waals surface area contributed by atoms with Gasteiger partial charge in [-0.25, -0.2) is 15.0 Å². The predicted molar refractivity (Wildman–Crippen MR) is 201 cm³/mol. The lowest BCUT2D eigenvalue weighted by Gasteiger charge is -2.13. The summed E-state index contributed by atoms with van der Waals surface area (Å²) in [5, 5.41) is 9.06. The first-order valence-electron chi connectivity index (χ1n) is 16.4. The summed E-state index contributed by atoms with van der Waals surface area (Å²) in [5.74, 6) is 1.89. The number of hydrogen-bond acceptors (Lipinski definition) is 4. The Kier molecular flexibility index (Phi) is 6.15. The zero-order valence-corrected chi connectivity index (χ0v) is 26.3. The molecule has 0 aliphatic heterocycles. The molecule has 10 aromatic rings. The Morgan fingerprint density at radius 3 is 1.76 bits per heavy atom. The van der Waals surface area contributed by atoms with E-state index in [-0.39, 0.29) is 0 Å². The molecule has 0 aliphatic carbocycles. The standard InChI is InChI=1S/C45H27N3O/c1-2-12-29(13-3-1)43-46-44(34-22-21-28-11-4-5-14-30(28)23-34)48-45(47-43)40-26-35(24-33-17-8-9-18-36(33)40)37-19-10-20-38-39-25-31-15-6-7-16-32(31)27-41(39)49-42(37)38/h1-27H. The molecule has 228 valence electrons. The zero-order chi connectivity index (χ0) is 32.3. The molecule has 0 amide bonds. The minimum Gasteiger partial charge on any atom is -0.455 e. The van der Waals surface area contributed by atoms with E-state index in [1.807, 2.05) is 30.3 Å². The number of hydrogen-bond donors (Lipinski definition) is 0. The van der Waals surface area contributed by atoms with Gasteiger partial charge in [-0.15, -0.1) is 0 Å². The van der Waals surface area contributed by atoms with Gasteiger partial charge in [-0.3, -0.25) is 0 Å². The lowest BCUT2D eigenvalue weighted by molar-refractivity contribution is 0.670. The van der Waals surface area contributed by atoms with Gasteiger partial charge in [0.05, 0.1) is 0 Å². The molecular formula is C45H27N3O. The quantitative estimate of drug-likeness (QED) is 0.195. The van der Waals surface area contributed by atoms with Crippen molar-refractivity contribution in [3.05, 3.63) is 164 Å². The van der Waals surface area contributed by atoms with Crippen molar-refractivity contribution in [2.75, 3.05) is 0 Å². The fourth-order valence-corrected chi connectivity index (χ4v) is 7.03. The van der Waals surface area contributed by atoms with Crippen molar-refractivity contribution >= 4 is 54.3 Å². The van der Waals surface area contributed by atoms with Crippen LogP contribution >= 0.6 is 0 Å². The second-order valence-corrected chi connectivity index (χ2v) is 12.5. The molecule has 8 aromatic carbocycles. The molecule has 4 nitrogen and oxygen atoms in total. The lowest BCUT2D eigenvalue weighted by Crippen LogP contribution is -2.01. The molecule has 0 unspecified atom stereocenters. The highest BCUT2D eigenvalue weighted by Crippen LogP contribution is 2.40. The van der Waals surface area contributed by atoms with Crippen LogP contribution in [0, 0.1) is 0 Å². The predicted octanol–water partition coefficient (Wildman–Crippen LogP) is 11.9. The van der Waals surface area contributed by atoms with Crippen molar-refractivity contribution in [3.8, 4) is 45.3 Å². The highest BCUT2D eigenvalue weighted by Gasteiger charge is 2.18. The normalized spacial score (nSPS) is 11.7. The maximum absolute atomic E-state index is 6.65. The summed E-state index contributed by atoms with van der Waals surface area (Å²) in [6.07, 6.45) is 0. The van der Waals surface area contributed by atoms with E-state index in [2.05, 4.69) is 133 Å². The molecule has 0 N–H and O–H groups in total. The molecule has 0 bridgehead atoms. The summed E-state index contributed by atoms with van der Waals surface area (Å²) in [5.41, 5.74) is 6.63. The van der Waals surface area contributed by atoms with Gasteiger partial charge in [0, 0.05) is 33.0 Å². The van der Waals surface area contributed by atoms with Gasteiger partial charge >= 0.3 is 0 Å². The minimum absolute atomic E-state index is 0.623. The Balaban J connectivity index is 1.22. The second kappa shape index (κ2) is 11.0. The number of aromatic nitrogens is 3. The van der Waals surface area contributed by atoms with Crippen LogP contribution in [0.4, 0.5) is 0 Å². The maximum atomic E-state index is 6.65. The van der Waals surface area contributed by atoms with E-state index < -0.39 is 0 Å². The molecule has 0 saturated heterocycles. The molecule has 4 heteroatoms. The Labute approximate surface area is 282 Å². The summed E-state index contributed by atoms with van der Waals surface area (Å²) in [6, 6.07) is 56.9. The fourth-order valence-electron chi connectivity index (χ4n) is 7.03.